The Hall–Kier alpha value is -3.82. The fourth-order valence-corrected chi connectivity index (χ4v) is 3.62. The first kappa shape index (κ1) is 22.4. The highest BCUT2D eigenvalue weighted by Gasteiger charge is 2.45. The number of carbonyl (C=O) groups is 1. The van der Waals surface area contributed by atoms with Crippen LogP contribution in [0.1, 0.15) is 23.5 Å². The van der Waals surface area contributed by atoms with Crippen molar-refractivity contribution in [3.8, 4) is 22.6 Å². The molecule has 3 aromatic rings. The van der Waals surface area contributed by atoms with E-state index in [0.717, 1.165) is 16.7 Å². The van der Waals surface area contributed by atoms with Gasteiger partial charge in [0.05, 0.1) is 13.0 Å². The summed E-state index contributed by atoms with van der Waals surface area (Å²) in [5.74, 6) is -0.657. The van der Waals surface area contributed by atoms with Gasteiger partial charge in [-0.25, -0.2) is 9.97 Å². The SMILES string of the molecule is COc1ccc(-c2cnc(NCc3cccc(OC(F)(F)F)c3)nc2)cc1[C@@H]1C[C@H]1C(=O)O. The second-order valence-electron chi connectivity index (χ2n) is 7.59. The lowest BCUT2D eigenvalue weighted by Crippen LogP contribution is -2.17. The van der Waals surface area contributed by atoms with Crippen molar-refractivity contribution in [2.45, 2.75) is 25.2 Å². The lowest BCUT2D eigenvalue weighted by molar-refractivity contribution is -0.274. The van der Waals surface area contributed by atoms with Gasteiger partial charge in [0.15, 0.2) is 0 Å². The number of hydrogen-bond acceptors (Lipinski definition) is 6. The standard InChI is InChI=1S/C23H20F3N3O4/c1-32-20-6-5-14(8-18(20)17-9-19(17)21(30)31)15-11-28-22(29-12-15)27-10-13-3-2-4-16(7-13)33-23(24,25)26/h2-8,11-12,17,19H,9-10H2,1H3,(H,30,31)(H,27,28,29)/t17-,19+/m0/s1. The van der Waals surface area contributed by atoms with Crippen LogP contribution in [0.4, 0.5) is 19.1 Å². The Morgan fingerprint density at radius 1 is 1.15 bits per heavy atom. The Kier molecular flexibility index (Phi) is 6.08. The second-order valence-corrected chi connectivity index (χ2v) is 7.59. The van der Waals surface area contributed by atoms with Crippen molar-refractivity contribution in [3.63, 3.8) is 0 Å². The van der Waals surface area contributed by atoms with Gasteiger partial charge in [-0.3, -0.25) is 4.79 Å². The van der Waals surface area contributed by atoms with Crippen molar-refractivity contribution < 1.29 is 32.5 Å². The molecule has 1 aliphatic rings. The number of anilines is 1. The van der Waals surface area contributed by atoms with Crippen LogP contribution in [0.3, 0.4) is 0 Å². The van der Waals surface area contributed by atoms with E-state index in [0.29, 0.717) is 23.7 Å². The van der Waals surface area contributed by atoms with E-state index in [1.54, 1.807) is 31.6 Å². The molecule has 1 heterocycles. The minimum Gasteiger partial charge on any atom is -0.496 e. The van der Waals surface area contributed by atoms with Gasteiger partial charge < -0.3 is 19.9 Å². The molecular weight excluding hydrogens is 439 g/mol. The van der Waals surface area contributed by atoms with Crippen molar-refractivity contribution in [2.75, 3.05) is 12.4 Å². The number of carboxylic acids is 1. The maximum Gasteiger partial charge on any atom is 0.573 e. The van der Waals surface area contributed by atoms with E-state index in [9.17, 15) is 23.1 Å². The molecule has 0 spiro atoms. The van der Waals surface area contributed by atoms with Gasteiger partial charge in [-0.1, -0.05) is 18.2 Å². The zero-order chi connectivity index (χ0) is 23.6. The third-order valence-corrected chi connectivity index (χ3v) is 5.30. The Bertz CT molecular complexity index is 1150. The van der Waals surface area contributed by atoms with Crippen LogP contribution in [0.2, 0.25) is 0 Å². The lowest BCUT2D eigenvalue weighted by Gasteiger charge is -2.12. The first-order valence-corrected chi connectivity index (χ1v) is 10.0. The number of benzene rings is 2. The molecule has 33 heavy (non-hydrogen) atoms. The van der Waals surface area contributed by atoms with E-state index >= 15 is 0 Å². The van der Waals surface area contributed by atoms with Crippen molar-refractivity contribution >= 4 is 11.9 Å². The van der Waals surface area contributed by atoms with Crippen LogP contribution in [-0.4, -0.2) is 34.5 Å². The second kappa shape index (κ2) is 8.97. The Morgan fingerprint density at radius 2 is 1.91 bits per heavy atom. The maximum atomic E-state index is 12.4. The van der Waals surface area contributed by atoms with Crippen LogP contribution < -0.4 is 14.8 Å². The van der Waals surface area contributed by atoms with E-state index in [4.69, 9.17) is 4.74 Å². The normalized spacial score (nSPS) is 17.3. The van der Waals surface area contributed by atoms with Crippen LogP contribution in [-0.2, 0) is 11.3 Å². The zero-order valence-corrected chi connectivity index (χ0v) is 17.5. The lowest BCUT2D eigenvalue weighted by atomic mass is 10.0. The number of ether oxygens (including phenoxy) is 2. The summed E-state index contributed by atoms with van der Waals surface area (Å²) >= 11 is 0. The summed E-state index contributed by atoms with van der Waals surface area (Å²) in [5.41, 5.74) is 2.97. The van der Waals surface area contributed by atoms with Gasteiger partial charge in [0.25, 0.3) is 0 Å². The summed E-state index contributed by atoms with van der Waals surface area (Å²) in [6, 6.07) is 11.2. The third kappa shape index (κ3) is 5.51. The molecule has 1 aromatic heterocycles. The van der Waals surface area contributed by atoms with Gasteiger partial charge in [0, 0.05) is 30.4 Å². The summed E-state index contributed by atoms with van der Waals surface area (Å²) in [6.07, 6.45) is -0.943. The van der Waals surface area contributed by atoms with E-state index in [1.807, 2.05) is 12.1 Å². The van der Waals surface area contributed by atoms with Crippen LogP contribution in [0.25, 0.3) is 11.1 Å². The molecular formula is C23H20F3N3O4. The number of nitrogens with zero attached hydrogens (tertiary/aromatic N) is 2. The topological polar surface area (TPSA) is 93.6 Å². The minimum atomic E-state index is -4.75. The molecule has 1 aliphatic carbocycles. The molecule has 0 bridgehead atoms. The average Bonchev–Trinajstić information content (AvgIpc) is 3.58. The Morgan fingerprint density at radius 3 is 2.55 bits per heavy atom. The number of aliphatic carboxylic acids is 1. The average molecular weight is 459 g/mol. The largest absolute Gasteiger partial charge is 0.573 e. The number of rotatable bonds is 8. The quantitative estimate of drug-likeness (QED) is 0.497. The van der Waals surface area contributed by atoms with Crippen molar-refractivity contribution in [3.05, 3.63) is 66.0 Å². The van der Waals surface area contributed by atoms with Crippen LogP contribution in [0.5, 0.6) is 11.5 Å². The molecule has 0 radical (unpaired) electrons. The molecule has 0 unspecified atom stereocenters. The fourth-order valence-electron chi connectivity index (χ4n) is 3.62. The number of alkyl halides is 3. The molecule has 7 nitrogen and oxygen atoms in total. The smallest absolute Gasteiger partial charge is 0.496 e. The molecule has 10 heteroatoms. The Labute approximate surface area is 187 Å². The molecule has 1 fully saturated rings. The van der Waals surface area contributed by atoms with Gasteiger partial charge in [0.1, 0.15) is 11.5 Å². The summed E-state index contributed by atoms with van der Waals surface area (Å²) in [6.45, 7) is 0.208. The van der Waals surface area contributed by atoms with Crippen LogP contribution in [0.15, 0.2) is 54.9 Å². The highest BCUT2D eigenvalue weighted by Crippen LogP contribution is 2.51. The fraction of sp³-hybridized carbons (Fsp3) is 0.261. The minimum absolute atomic E-state index is 0.0867. The van der Waals surface area contributed by atoms with Crippen molar-refractivity contribution in [1.82, 2.24) is 9.97 Å². The first-order valence-electron chi connectivity index (χ1n) is 10.0. The summed E-state index contributed by atoms with van der Waals surface area (Å²) in [4.78, 5) is 19.8. The summed E-state index contributed by atoms with van der Waals surface area (Å²) < 4.78 is 46.5. The Balaban J connectivity index is 1.44. The highest BCUT2D eigenvalue weighted by atomic mass is 19.4. The highest BCUT2D eigenvalue weighted by molar-refractivity contribution is 5.76. The summed E-state index contributed by atoms with van der Waals surface area (Å²) in [5, 5.41) is 12.2. The molecule has 1 saturated carbocycles. The van der Waals surface area contributed by atoms with E-state index in [1.165, 1.54) is 18.2 Å². The van der Waals surface area contributed by atoms with Crippen molar-refractivity contribution in [2.24, 2.45) is 5.92 Å². The van der Waals surface area contributed by atoms with Gasteiger partial charge in [-0.15, -0.1) is 13.2 Å². The molecule has 0 amide bonds. The molecule has 2 N–H and O–H groups in total. The van der Waals surface area contributed by atoms with Gasteiger partial charge in [-0.2, -0.15) is 0 Å². The van der Waals surface area contributed by atoms with E-state index in [-0.39, 0.29) is 18.2 Å². The van der Waals surface area contributed by atoms with Crippen LogP contribution in [0, 0.1) is 5.92 Å². The van der Waals surface area contributed by atoms with Gasteiger partial charge >= 0.3 is 12.3 Å². The monoisotopic (exact) mass is 459 g/mol. The number of hydrogen-bond donors (Lipinski definition) is 2. The predicted molar refractivity (Wildman–Crippen MR) is 113 cm³/mol. The van der Waals surface area contributed by atoms with Gasteiger partial charge in [-0.05, 0) is 47.4 Å². The van der Waals surface area contributed by atoms with Crippen molar-refractivity contribution in [1.29, 1.82) is 0 Å². The molecule has 0 saturated heterocycles. The summed E-state index contributed by atoms with van der Waals surface area (Å²) in [7, 11) is 1.55. The number of halogens is 3. The molecule has 2 atom stereocenters. The first-order chi connectivity index (χ1) is 15.7. The molecule has 4 rings (SSSR count). The zero-order valence-electron chi connectivity index (χ0n) is 17.5. The molecule has 2 aromatic carbocycles. The number of nitrogens with one attached hydrogen (secondary N) is 1. The van der Waals surface area contributed by atoms with Crippen LogP contribution >= 0.6 is 0 Å². The number of carboxylic acid groups (broad SMARTS) is 1. The van der Waals surface area contributed by atoms with Gasteiger partial charge in [0.2, 0.25) is 5.95 Å². The molecule has 172 valence electrons. The predicted octanol–water partition coefficient (Wildman–Crippen LogP) is 4.85. The maximum absolute atomic E-state index is 12.4. The third-order valence-electron chi connectivity index (χ3n) is 5.30. The van der Waals surface area contributed by atoms with E-state index < -0.39 is 18.2 Å². The molecule has 0 aliphatic heterocycles. The number of methoxy groups -OCH3 is 1. The van der Waals surface area contributed by atoms with E-state index in [2.05, 4.69) is 20.0 Å². The number of aromatic nitrogens is 2.